The molecular weight excluding hydrogens is 374 g/mol. The van der Waals surface area contributed by atoms with E-state index in [1.165, 1.54) is 22.3 Å². The largest absolute Gasteiger partial charge is 0.349 e. The van der Waals surface area contributed by atoms with E-state index in [9.17, 15) is 14.4 Å². The van der Waals surface area contributed by atoms with Crippen molar-refractivity contribution in [3.8, 4) is 0 Å². The lowest BCUT2D eigenvalue weighted by atomic mass is 9.86. The van der Waals surface area contributed by atoms with E-state index < -0.39 is 5.69 Å². The number of aromatic nitrogens is 2. The zero-order valence-corrected chi connectivity index (χ0v) is 16.6. The summed E-state index contributed by atoms with van der Waals surface area (Å²) < 4.78 is 1.73. The van der Waals surface area contributed by atoms with Crippen LogP contribution in [0.4, 0.5) is 0 Å². The molecule has 1 aliphatic carbocycles. The minimum absolute atomic E-state index is 0.0691. The van der Waals surface area contributed by atoms with E-state index in [0.29, 0.717) is 21.7 Å². The van der Waals surface area contributed by atoms with E-state index in [0.717, 1.165) is 24.8 Å². The van der Waals surface area contributed by atoms with Crippen LogP contribution in [0.3, 0.4) is 0 Å². The Kier molecular flexibility index (Phi) is 5.17. The molecule has 0 bridgehead atoms. The molecule has 146 valence electrons. The number of thiophene rings is 1. The van der Waals surface area contributed by atoms with E-state index >= 15 is 0 Å². The highest BCUT2D eigenvalue weighted by Crippen LogP contribution is 2.24. The monoisotopic (exact) mass is 397 g/mol. The summed E-state index contributed by atoms with van der Waals surface area (Å²) in [6, 6.07) is 9.05. The molecule has 2 heterocycles. The van der Waals surface area contributed by atoms with Crippen molar-refractivity contribution in [1.29, 1.82) is 0 Å². The number of nitrogens with zero attached hydrogens (tertiary/aromatic N) is 1. The van der Waals surface area contributed by atoms with Crippen LogP contribution in [0.1, 0.15) is 48.5 Å². The number of H-pyrrole nitrogens is 1. The van der Waals surface area contributed by atoms with Gasteiger partial charge in [-0.15, -0.1) is 11.3 Å². The van der Waals surface area contributed by atoms with Crippen LogP contribution in [0.15, 0.2) is 45.3 Å². The first-order chi connectivity index (χ1) is 13.5. The summed E-state index contributed by atoms with van der Waals surface area (Å²) in [4.78, 5) is 40.0. The van der Waals surface area contributed by atoms with Gasteiger partial charge >= 0.3 is 5.69 Å². The van der Waals surface area contributed by atoms with E-state index in [2.05, 4.69) is 17.2 Å². The van der Waals surface area contributed by atoms with Crippen LogP contribution in [0.2, 0.25) is 0 Å². The number of aromatic amines is 1. The Morgan fingerprint density at radius 1 is 1.18 bits per heavy atom. The maximum Gasteiger partial charge on any atom is 0.329 e. The molecule has 4 rings (SSSR count). The molecule has 6 nitrogen and oxygen atoms in total. The van der Waals surface area contributed by atoms with Gasteiger partial charge < -0.3 is 10.3 Å². The Labute approximate surface area is 166 Å². The van der Waals surface area contributed by atoms with Crippen LogP contribution in [0, 0.1) is 5.92 Å². The van der Waals surface area contributed by atoms with Gasteiger partial charge in [-0.2, -0.15) is 0 Å². The number of fused-ring (bicyclic) bond motifs is 1. The van der Waals surface area contributed by atoms with Gasteiger partial charge in [0.15, 0.2) is 0 Å². The van der Waals surface area contributed by atoms with Crippen molar-refractivity contribution in [2.45, 2.75) is 45.2 Å². The highest BCUT2D eigenvalue weighted by Gasteiger charge is 2.23. The Morgan fingerprint density at radius 3 is 2.68 bits per heavy atom. The van der Waals surface area contributed by atoms with Crippen molar-refractivity contribution in [3.63, 3.8) is 0 Å². The van der Waals surface area contributed by atoms with Crippen LogP contribution >= 0.6 is 11.3 Å². The quantitative estimate of drug-likeness (QED) is 0.709. The lowest BCUT2D eigenvalue weighted by molar-refractivity contribution is 0.0910. The molecular formula is C21H23N3O3S. The molecule has 0 spiro atoms. The maximum absolute atomic E-state index is 12.5. The molecule has 2 N–H and O–H groups in total. The predicted octanol–water partition coefficient (Wildman–Crippen LogP) is 3.11. The van der Waals surface area contributed by atoms with Crippen LogP contribution in [-0.2, 0) is 6.54 Å². The van der Waals surface area contributed by atoms with Gasteiger partial charge in [0.25, 0.3) is 11.5 Å². The molecule has 1 aromatic carbocycles. The summed E-state index contributed by atoms with van der Waals surface area (Å²) in [5.74, 6) is 0.433. The summed E-state index contributed by atoms with van der Waals surface area (Å²) >= 11 is 1.31. The van der Waals surface area contributed by atoms with Crippen LogP contribution in [0.25, 0.3) is 10.2 Å². The Hall–Kier alpha value is -2.67. The predicted molar refractivity (Wildman–Crippen MR) is 111 cm³/mol. The summed E-state index contributed by atoms with van der Waals surface area (Å²) in [6.45, 7) is 2.36. The van der Waals surface area contributed by atoms with Crippen molar-refractivity contribution < 1.29 is 4.79 Å². The summed E-state index contributed by atoms with van der Waals surface area (Å²) in [6.07, 6.45) is 4.58. The van der Waals surface area contributed by atoms with Crippen molar-refractivity contribution in [1.82, 2.24) is 14.9 Å². The smallest absolute Gasteiger partial charge is 0.329 e. The molecule has 0 radical (unpaired) electrons. The third kappa shape index (κ3) is 3.67. The number of rotatable bonds is 4. The van der Waals surface area contributed by atoms with Gasteiger partial charge in [0.2, 0.25) is 0 Å². The highest BCUT2D eigenvalue weighted by atomic mass is 32.1. The first kappa shape index (κ1) is 18.7. The third-order valence-corrected chi connectivity index (χ3v) is 6.48. The average molecular weight is 398 g/mol. The first-order valence-corrected chi connectivity index (χ1v) is 10.5. The number of hydrogen-bond donors (Lipinski definition) is 2. The normalized spacial score (nSPS) is 19.6. The van der Waals surface area contributed by atoms with Gasteiger partial charge in [-0.25, -0.2) is 4.79 Å². The molecule has 0 saturated heterocycles. The van der Waals surface area contributed by atoms with Gasteiger partial charge in [-0.1, -0.05) is 31.9 Å². The molecule has 28 heavy (non-hydrogen) atoms. The number of carbonyl (C=O) groups is 1. The lowest BCUT2D eigenvalue weighted by Gasteiger charge is -2.29. The zero-order chi connectivity index (χ0) is 19.7. The molecule has 1 aliphatic rings. The van der Waals surface area contributed by atoms with Crippen molar-refractivity contribution in [3.05, 3.63) is 67.7 Å². The minimum atomic E-state index is -0.427. The fourth-order valence-electron chi connectivity index (χ4n) is 3.84. The number of benzene rings is 1. The summed E-state index contributed by atoms with van der Waals surface area (Å²) in [5, 5.41) is 4.93. The minimum Gasteiger partial charge on any atom is -0.349 e. The number of hydrogen-bond acceptors (Lipinski definition) is 4. The van der Waals surface area contributed by atoms with E-state index in [1.807, 2.05) is 0 Å². The van der Waals surface area contributed by atoms with Gasteiger partial charge in [-0.05, 0) is 47.9 Å². The molecule has 2 atom stereocenters. The highest BCUT2D eigenvalue weighted by molar-refractivity contribution is 7.17. The van der Waals surface area contributed by atoms with Crippen LogP contribution in [-0.4, -0.2) is 21.5 Å². The maximum atomic E-state index is 12.5. The van der Waals surface area contributed by atoms with Gasteiger partial charge in [-0.3, -0.25) is 14.2 Å². The zero-order valence-electron chi connectivity index (χ0n) is 15.7. The SMILES string of the molecule is C[C@@H]1CCCC[C@@H]1NC(=O)c1ccc(Cn2c(=O)[nH]c3ccsc3c2=O)cc1. The molecule has 0 aliphatic heterocycles. The topological polar surface area (TPSA) is 84.0 Å². The van der Waals surface area contributed by atoms with Crippen LogP contribution < -0.4 is 16.6 Å². The van der Waals surface area contributed by atoms with Crippen molar-refractivity contribution >= 4 is 27.5 Å². The molecule has 1 saturated carbocycles. The van der Waals surface area contributed by atoms with Gasteiger partial charge in [0.1, 0.15) is 4.70 Å². The third-order valence-electron chi connectivity index (χ3n) is 5.58. The van der Waals surface area contributed by atoms with Crippen LogP contribution in [0.5, 0.6) is 0 Å². The lowest BCUT2D eigenvalue weighted by Crippen LogP contribution is -2.41. The van der Waals surface area contributed by atoms with Crippen molar-refractivity contribution in [2.24, 2.45) is 5.92 Å². The number of nitrogens with one attached hydrogen (secondary N) is 2. The number of amides is 1. The summed E-state index contributed by atoms with van der Waals surface area (Å²) in [5.41, 5.74) is 1.24. The molecule has 0 unspecified atom stereocenters. The molecule has 7 heteroatoms. The van der Waals surface area contributed by atoms with Gasteiger partial charge in [0.05, 0.1) is 12.1 Å². The van der Waals surface area contributed by atoms with Crippen molar-refractivity contribution in [2.75, 3.05) is 0 Å². The second kappa shape index (κ2) is 7.75. The average Bonchev–Trinajstić information content (AvgIpc) is 3.16. The molecule has 1 fully saturated rings. The molecule has 3 aromatic rings. The van der Waals surface area contributed by atoms with E-state index in [4.69, 9.17) is 0 Å². The Balaban J connectivity index is 1.50. The molecule has 1 amide bonds. The van der Waals surface area contributed by atoms with E-state index in [1.54, 1.807) is 35.7 Å². The summed E-state index contributed by atoms with van der Waals surface area (Å²) in [7, 11) is 0. The van der Waals surface area contributed by atoms with Gasteiger partial charge in [0, 0.05) is 11.6 Å². The first-order valence-electron chi connectivity index (χ1n) is 9.63. The molecule has 2 aromatic heterocycles. The fraction of sp³-hybridized carbons (Fsp3) is 0.381. The second-order valence-electron chi connectivity index (χ2n) is 7.52. The number of carbonyl (C=O) groups excluding carboxylic acids is 1. The second-order valence-corrected chi connectivity index (χ2v) is 8.44. The Morgan fingerprint density at radius 2 is 1.93 bits per heavy atom. The van der Waals surface area contributed by atoms with E-state index in [-0.39, 0.29) is 24.1 Å². The standard InChI is InChI=1S/C21H23N3O3S/c1-13-4-2-3-5-16(13)22-19(25)15-8-6-14(7-9-15)12-24-20(26)18-17(10-11-28-18)23-21(24)27/h6-11,13,16H,2-5,12H2,1H3,(H,22,25)(H,23,27)/t13-,16+/m1/s1. The Bertz CT molecular complexity index is 1110. The fourth-order valence-corrected chi connectivity index (χ4v) is 4.64.